The lowest BCUT2D eigenvalue weighted by Crippen LogP contribution is -2.24. The molecule has 0 aliphatic rings. The number of carbonyl (C=O) groups is 1. The van der Waals surface area contributed by atoms with Crippen LogP contribution in [-0.4, -0.2) is 42.2 Å². The largest absolute Gasteiger partial charge is 0.573 e. The van der Waals surface area contributed by atoms with Gasteiger partial charge in [-0.25, -0.2) is 9.48 Å². The highest BCUT2D eigenvalue weighted by molar-refractivity contribution is 5.94. The van der Waals surface area contributed by atoms with Crippen LogP contribution in [0.2, 0.25) is 0 Å². The maximum absolute atomic E-state index is 13.0. The summed E-state index contributed by atoms with van der Waals surface area (Å²) in [5.74, 6) is -2.31. The SMILES string of the molecule is O=C(O)c1nn(-c2ccc(OC(F)(F)F)cc2)c2cccc(-n3ncc(C(F)(F)F)n3)c2c1=O. The normalized spacial score (nSPS) is 12.2. The zero-order chi connectivity index (χ0) is 24.8. The summed E-state index contributed by atoms with van der Waals surface area (Å²) < 4.78 is 80.8. The highest BCUT2D eigenvalue weighted by atomic mass is 19.4. The first kappa shape index (κ1) is 22.8. The summed E-state index contributed by atoms with van der Waals surface area (Å²) in [5, 5.41) is 19.6. The maximum Gasteiger partial charge on any atom is 0.573 e. The van der Waals surface area contributed by atoms with Gasteiger partial charge in [0.15, 0.2) is 5.69 Å². The number of rotatable bonds is 4. The average molecular weight is 485 g/mol. The molecule has 4 rings (SSSR count). The van der Waals surface area contributed by atoms with Crippen molar-refractivity contribution in [2.24, 2.45) is 0 Å². The number of carboxylic acids is 1. The number of aromatic carboxylic acids is 1. The fourth-order valence-corrected chi connectivity index (χ4v) is 3.06. The molecule has 34 heavy (non-hydrogen) atoms. The zero-order valence-corrected chi connectivity index (χ0v) is 16.3. The van der Waals surface area contributed by atoms with Gasteiger partial charge in [0, 0.05) is 0 Å². The van der Waals surface area contributed by atoms with Gasteiger partial charge in [-0.05, 0) is 36.4 Å². The number of hydrogen-bond donors (Lipinski definition) is 1. The minimum Gasteiger partial charge on any atom is -0.476 e. The molecule has 9 nitrogen and oxygen atoms in total. The molecule has 0 aliphatic heterocycles. The third-order valence-corrected chi connectivity index (χ3v) is 4.41. The molecular weight excluding hydrogens is 476 g/mol. The molecule has 0 amide bonds. The first-order chi connectivity index (χ1) is 15.8. The molecule has 2 aromatic heterocycles. The Kier molecular flexibility index (Phi) is 5.26. The Morgan fingerprint density at radius 3 is 2.21 bits per heavy atom. The Bertz CT molecular complexity index is 1460. The Hall–Kier alpha value is -4.43. The van der Waals surface area contributed by atoms with Crippen LogP contribution in [0.25, 0.3) is 22.3 Å². The Morgan fingerprint density at radius 1 is 0.971 bits per heavy atom. The lowest BCUT2D eigenvalue weighted by molar-refractivity contribution is -0.274. The summed E-state index contributed by atoms with van der Waals surface area (Å²) >= 11 is 0. The molecule has 15 heteroatoms. The van der Waals surface area contributed by atoms with Gasteiger partial charge in [-0.1, -0.05) is 6.07 Å². The monoisotopic (exact) mass is 485 g/mol. The van der Waals surface area contributed by atoms with E-state index in [0.29, 0.717) is 11.0 Å². The number of alkyl halides is 6. The number of ether oxygens (including phenoxy) is 1. The summed E-state index contributed by atoms with van der Waals surface area (Å²) in [6.45, 7) is 0. The molecule has 0 saturated heterocycles. The minimum absolute atomic E-state index is 0.0311. The van der Waals surface area contributed by atoms with Gasteiger partial charge in [0.1, 0.15) is 5.75 Å². The second-order valence-corrected chi connectivity index (χ2v) is 6.62. The fourth-order valence-electron chi connectivity index (χ4n) is 3.06. The van der Waals surface area contributed by atoms with Crippen molar-refractivity contribution in [3.8, 4) is 17.1 Å². The molecule has 0 unspecified atom stereocenters. The first-order valence-electron chi connectivity index (χ1n) is 9.00. The van der Waals surface area contributed by atoms with Crippen molar-refractivity contribution < 1.29 is 41.0 Å². The van der Waals surface area contributed by atoms with Crippen LogP contribution in [0.4, 0.5) is 26.3 Å². The molecule has 2 aromatic carbocycles. The van der Waals surface area contributed by atoms with E-state index < -0.39 is 41.1 Å². The van der Waals surface area contributed by atoms with Crippen molar-refractivity contribution in [2.45, 2.75) is 12.5 Å². The topological polar surface area (TPSA) is 112 Å². The lowest BCUT2D eigenvalue weighted by Gasteiger charge is -2.14. The van der Waals surface area contributed by atoms with Crippen molar-refractivity contribution in [2.75, 3.05) is 0 Å². The van der Waals surface area contributed by atoms with Crippen molar-refractivity contribution in [3.05, 3.63) is 70.3 Å². The van der Waals surface area contributed by atoms with Crippen LogP contribution in [0, 0.1) is 0 Å². The lowest BCUT2D eigenvalue weighted by atomic mass is 10.1. The van der Waals surface area contributed by atoms with Crippen LogP contribution in [0.1, 0.15) is 16.2 Å². The second kappa shape index (κ2) is 7.86. The van der Waals surface area contributed by atoms with Crippen molar-refractivity contribution >= 4 is 16.9 Å². The van der Waals surface area contributed by atoms with Gasteiger partial charge < -0.3 is 9.84 Å². The summed E-state index contributed by atoms with van der Waals surface area (Å²) in [6.07, 6.45) is -9.34. The van der Waals surface area contributed by atoms with Crippen LogP contribution >= 0.6 is 0 Å². The Balaban J connectivity index is 1.95. The second-order valence-electron chi connectivity index (χ2n) is 6.62. The summed E-state index contributed by atoms with van der Waals surface area (Å²) in [6, 6.07) is 7.93. The molecule has 0 radical (unpaired) electrons. The van der Waals surface area contributed by atoms with E-state index >= 15 is 0 Å². The predicted octanol–water partition coefficient (Wildman–Crippen LogP) is 3.58. The molecule has 0 atom stereocenters. The molecule has 1 N–H and O–H groups in total. The third kappa shape index (κ3) is 4.26. The molecule has 0 saturated carbocycles. The van der Waals surface area contributed by atoms with Crippen molar-refractivity contribution in [3.63, 3.8) is 0 Å². The molecule has 0 bridgehead atoms. The molecule has 0 aliphatic carbocycles. The first-order valence-corrected chi connectivity index (χ1v) is 9.00. The van der Waals surface area contributed by atoms with Gasteiger partial charge in [0.25, 0.3) is 0 Å². The van der Waals surface area contributed by atoms with Gasteiger partial charge in [-0.2, -0.15) is 28.2 Å². The van der Waals surface area contributed by atoms with E-state index in [-0.39, 0.29) is 22.3 Å². The predicted molar refractivity (Wildman–Crippen MR) is 101 cm³/mol. The molecule has 0 fully saturated rings. The van der Waals surface area contributed by atoms with Crippen LogP contribution in [-0.2, 0) is 6.18 Å². The van der Waals surface area contributed by atoms with E-state index in [2.05, 4.69) is 20.0 Å². The number of aromatic nitrogens is 5. The number of benzene rings is 2. The van der Waals surface area contributed by atoms with Crippen LogP contribution in [0.15, 0.2) is 53.5 Å². The van der Waals surface area contributed by atoms with Gasteiger partial charge in [0.05, 0.1) is 28.5 Å². The number of carboxylic acid groups (broad SMARTS) is 1. The Morgan fingerprint density at radius 2 is 1.65 bits per heavy atom. The number of fused-ring (bicyclic) bond motifs is 1. The van der Waals surface area contributed by atoms with E-state index in [4.69, 9.17) is 0 Å². The minimum atomic E-state index is -4.94. The molecule has 176 valence electrons. The third-order valence-electron chi connectivity index (χ3n) is 4.41. The summed E-state index contributed by atoms with van der Waals surface area (Å²) in [5.41, 5.74) is -3.77. The number of nitrogens with zero attached hydrogens (tertiary/aromatic N) is 5. The fraction of sp³-hybridized carbons (Fsp3) is 0.105. The van der Waals surface area contributed by atoms with Crippen molar-refractivity contribution in [1.29, 1.82) is 0 Å². The van der Waals surface area contributed by atoms with Crippen LogP contribution in [0.3, 0.4) is 0 Å². The quantitative estimate of drug-likeness (QED) is 0.440. The van der Waals surface area contributed by atoms with E-state index in [9.17, 15) is 41.0 Å². The summed E-state index contributed by atoms with van der Waals surface area (Å²) in [7, 11) is 0. The average Bonchev–Trinajstić information content (AvgIpc) is 3.24. The van der Waals surface area contributed by atoms with Crippen LogP contribution < -0.4 is 10.2 Å². The van der Waals surface area contributed by atoms with Crippen molar-refractivity contribution in [1.82, 2.24) is 24.8 Å². The molecule has 4 aromatic rings. The Labute approximate surface area is 183 Å². The van der Waals surface area contributed by atoms with E-state index in [0.717, 1.165) is 28.9 Å². The van der Waals surface area contributed by atoms with Gasteiger partial charge >= 0.3 is 18.5 Å². The highest BCUT2D eigenvalue weighted by Gasteiger charge is 2.35. The number of halogens is 6. The standard InChI is InChI=1S/C19H9F6N5O4/c20-18(21,22)13-8-26-30(27-13)12-3-1-2-11-14(12)16(31)15(17(32)33)28-29(11)9-4-6-10(7-5-9)34-19(23,24)25/h1-8H,(H,32,33). The van der Waals surface area contributed by atoms with Gasteiger partial charge in [-0.3, -0.25) is 4.79 Å². The maximum atomic E-state index is 13.0. The summed E-state index contributed by atoms with van der Waals surface area (Å²) in [4.78, 5) is 25.0. The molecule has 0 spiro atoms. The van der Waals surface area contributed by atoms with Gasteiger partial charge in [-0.15, -0.1) is 18.3 Å². The zero-order valence-electron chi connectivity index (χ0n) is 16.3. The van der Waals surface area contributed by atoms with Gasteiger partial charge in [0.2, 0.25) is 11.1 Å². The smallest absolute Gasteiger partial charge is 0.476 e. The van der Waals surface area contributed by atoms with E-state index in [1.54, 1.807) is 0 Å². The van der Waals surface area contributed by atoms with E-state index in [1.165, 1.54) is 18.2 Å². The van der Waals surface area contributed by atoms with Crippen LogP contribution in [0.5, 0.6) is 5.75 Å². The molecule has 2 heterocycles. The highest BCUT2D eigenvalue weighted by Crippen LogP contribution is 2.29. The van der Waals surface area contributed by atoms with E-state index in [1.807, 2.05) is 0 Å². The molecular formula is C19H9F6N5O4. The number of hydrogen-bond acceptors (Lipinski definition) is 6.